The van der Waals surface area contributed by atoms with Gasteiger partial charge in [0, 0.05) is 0 Å². The average molecular weight is 196 g/mol. The van der Waals surface area contributed by atoms with E-state index in [-0.39, 0.29) is 11.7 Å². The topological polar surface area (TPSA) is 63.3 Å². The summed E-state index contributed by atoms with van der Waals surface area (Å²) >= 11 is 10.7. The monoisotopic (exact) mass is 195 g/mol. The van der Waals surface area contributed by atoms with Gasteiger partial charge in [-0.05, 0) is 0 Å². The van der Waals surface area contributed by atoms with Crippen molar-refractivity contribution in [2.24, 2.45) is 0 Å². The molecule has 0 amide bonds. The predicted octanol–water partition coefficient (Wildman–Crippen LogP) is 1.85. The fourth-order valence-electron chi connectivity index (χ4n) is 0.487. The first-order chi connectivity index (χ1) is 5.11. The molecule has 0 unspecified atom stereocenters. The Labute approximate surface area is 71.7 Å². The number of alkyl halides is 2. The molecule has 1 aromatic heterocycles. The van der Waals surface area contributed by atoms with E-state index in [1.54, 1.807) is 0 Å². The smallest absolute Gasteiger partial charge is 0.373 e. The number of hydrogen-bond donors (Lipinski definition) is 1. The highest BCUT2D eigenvalue weighted by molar-refractivity contribution is 6.43. The second-order valence-corrected chi connectivity index (χ2v) is 2.76. The SMILES string of the molecule is O=C(O)c1cnc(C(Cl)Cl)o1. The molecule has 0 saturated carbocycles. The zero-order chi connectivity index (χ0) is 8.43. The highest BCUT2D eigenvalue weighted by atomic mass is 35.5. The van der Waals surface area contributed by atoms with Crippen molar-refractivity contribution in [2.75, 3.05) is 0 Å². The molecule has 0 spiro atoms. The number of rotatable bonds is 2. The Morgan fingerprint density at radius 3 is 2.64 bits per heavy atom. The number of nitrogens with zero attached hydrogens (tertiary/aromatic N) is 1. The van der Waals surface area contributed by atoms with E-state index < -0.39 is 10.8 Å². The van der Waals surface area contributed by atoms with Gasteiger partial charge in [-0.2, -0.15) is 0 Å². The van der Waals surface area contributed by atoms with Gasteiger partial charge in [0.25, 0.3) is 0 Å². The van der Waals surface area contributed by atoms with Crippen LogP contribution in [0.1, 0.15) is 21.3 Å². The van der Waals surface area contributed by atoms with E-state index in [9.17, 15) is 4.79 Å². The lowest BCUT2D eigenvalue weighted by molar-refractivity contribution is 0.0660. The minimum atomic E-state index is -1.20. The molecule has 0 radical (unpaired) electrons. The summed E-state index contributed by atoms with van der Waals surface area (Å²) in [6, 6.07) is 0. The predicted molar refractivity (Wildman–Crippen MR) is 37.9 cm³/mol. The summed E-state index contributed by atoms with van der Waals surface area (Å²) in [4.78, 5) is 12.8. The minimum absolute atomic E-state index is 0.00858. The van der Waals surface area contributed by atoms with E-state index >= 15 is 0 Å². The maximum absolute atomic E-state index is 10.2. The van der Waals surface area contributed by atoms with Gasteiger partial charge >= 0.3 is 5.97 Å². The van der Waals surface area contributed by atoms with Gasteiger partial charge in [0.2, 0.25) is 11.7 Å². The number of hydrogen-bond acceptors (Lipinski definition) is 3. The molecule has 6 heteroatoms. The maximum Gasteiger partial charge on any atom is 0.373 e. The molecule has 0 atom stereocenters. The van der Waals surface area contributed by atoms with E-state index in [1.807, 2.05) is 0 Å². The summed E-state index contributed by atoms with van der Waals surface area (Å²) in [5.41, 5.74) is 0. The van der Waals surface area contributed by atoms with Crippen molar-refractivity contribution >= 4 is 29.2 Å². The Kier molecular flexibility index (Phi) is 2.36. The van der Waals surface area contributed by atoms with Crippen molar-refractivity contribution in [3.63, 3.8) is 0 Å². The summed E-state index contributed by atoms with van der Waals surface area (Å²) in [5, 5.41) is 8.36. The quantitative estimate of drug-likeness (QED) is 0.733. The molecule has 60 valence electrons. The van der Waals surface area contributed by atoms with Crippen molar-refractivity contribution < 1.29 is 14.3 Å². The van der Waals surface area contributed by atoms with Crippen molar-refractivity contribution in [1.29, 1.82) is 0 Å². The standard InChI is InChI=1S/C5H3Cl2NO3/c6-3(7)4-8-1-2(11-4)5(9)10/h1,3H,(H,9,10). The lowest BCUT2D eigenvalue weighted by Gasteiger charge is -1.89. The molecule has 0 bridgehead atoms. The van der Waals surface area contributed by atoms with Crippen LogP contribution in [0.3, 0.4) is 0 Å². The number of aromatic carboxylic acids is 1. The number of carboxylic acids is 1. The Morgan fingerprint density at radius 1 is 1.73 bits per heavy atom. The summed E-state index contributed by atoms with van der Waals surface area (Å²) in [6.45, 7) is 0. The van der Waals surface area contributed by atoms with Gasteiger partial charge in [0.05, 0.1) is 6.20 Å². The van der Waals surface area contributed by atoms with Crippen LogP contribution in [-0.4, -0.2) is 16.1 Å². The van der Waals surface area contributed by atoms with Crippen molar-refractivity contribution in [1.82, 2.24) is 4.98 Å². The highest BCUT2D eigenvalue weighted by Crippen LogP contribution is 2.23. The van der Waals surface area contributed by atoms with Crippen LogP contribution < -0.4 is 0 Å². The van der Waals surface area contributed by atoms with Crippen LogP contribution in [0.2, 0.25) is 0 Å². The number of aromatic nitrogens is 1. The average Bonchev–Trinajstić information content (AvgIpc) is 2.33. The number of oxazole rings is 1. The first-order valence-corrected chi connectivity index (χ1v) is 3.45. The molecule has 0 fully saturated rings. The molecule has 1 aromatic rings. The molecular weight excluding hydrogens is 193 g/mol. The van der Waals surface area contributed by atoms with Crippen LogP contribution >= 0.6 is 23.2 Å². The lowest BCUT2D eigenvalue weighted by atomic mass is 10.5. The zero-order valence-corrected chi connectivity index (χ0v) is 6.63. The van der Waals surface area contributed by atoms with Crippen molar-refractivity contribution in [3.8, 4) is 0 Å². The van der Waals surface area contributed by atoms with Crippen LogP contribution in [0.4, 0.5) is 0 Å². The van der Waals surface area contributed by atoms with Gasteiger partial charge in [-0.15, -0.1) is 0 Å². The Balaban J connectivity index is 2.90. The third-order valence-corrected chi connectivity index (χ3v) is 1.29. The third-order valence-electron chi connectivity index (χ3n) is 0.921. The van der Waals surface area contributed by atoms with E-state index in [0.29, 0.717) is 0 Å². The second-order valence-electron chi connectivity index (χ2n) is 1.67. The number of carboxylic acid groups (broad SMARTS) is 1. The van der Waals surface area contributed by atoms with E-state index in [4.69, 9.17) is 28.3 Å². The minimum Gasteiger partial charge on any atom is -0.475 e. The molecule has 1 heterocycles. The summed E-state index contributed by atoms with van der Waals surface area (Å²) in [5.74, 6) is -1.48. The van der Waals surface area contributed by atoms with Gasteiger partial charge in [0.15, 0.2) is 4.84 Å². The normalized spacial score (nSPS) is 10.5. The van der Waals surface area contributed by atoms with Crippen LogP contribution in [0.25, 0.3) is 0 Å². The third kappa shape index (κ3) is 1.85. The van der Waals surface area contributed by atoms with Gasteiger partial charge in [-0.1, -0.05) is 23.2 Å². The first kappa shape index (κ1) is 8.36. The van der Waals surface area contributed by atoms with Crippen LogP contribution in [0, 0.1) is 0 Å². The first-order valence-electron chi connectivity index (χ1n) is 2.58. The number of halogens is 2. The largest absolute Gasteiger partial charge is 0.475 e. The van der Waals surface area contributed by atoms with Crippen molar-refractivity contribution in [2.45, 2.75) is 4.84 Å². The molecule has 0 saturated heterocycles. The second kappa shape index (κ2) is 3.11. The Hall–Kier alpha value is -0.740. The molecule has 1 N–H and O–H groups in total. The van der Waals surface area contributed by atoms with Crippen LogP contribution in [0.15, 0.2) is 10.6 Å². The molecule has 0 aliphatic heterocycles. The van der Waals surface area contributed by atoms with Gasteiger partial charge in [-0.25, -0.2) is 9.78 Å². The molecular formula is C5H3Cl2NO3. The molecule has 0 aromatic carbocycles. The fraction of sp³-hybridized carbons (Fsp3) is 0.200. The van der Waals surface area contributed by atoms with Gasteiger partial charge < -0.3 is 9.52 Å². The molecule has 0 aliphatic rings. The van der Waals surface area contributed by atoms with E-state index in [0.717, 1.165) is 6.20 Å². The molecule has 1 rings (SSSR count). The van der Waals surface area contributed by atoms with Crippen LogP contribution in [-0.2, 0) is 0 Å². The fourth-order valence-corrected chi connectivity index (χ4v) is 0.689. The van der Waals surface area contributed by atoms with Crippen LogP contribution in [0.5, 0.6) is 0 Å². The summed E-state index contributed by atoms with van der Waals surface area (Å²) in [6.07, 6.45) is 1.05. The summed E-state index contributed by atoms with van der Waals surface area (Å²) in [7, 11) is 0. The Morgan fingerprint density at radius 2 is 2.36 bits per heavy atom. The van der Waals surface area contributed by atoms with Crippen molar-refractivity contribution in [3.05, 3.63) is 17.8 Å². The lowest BCUT2D eigenvalue weighted by Crippen LogP contribution is -1.91. The molecule has 4 nitrogen and oxygen atoms in total. The maximum atomic E-state index is 10.2. The summed E-state index contributed by atoms with van der Waals surface area (Å²) < 4.78 is 4.63. The highest BCUT2D eigenvalue weighted by Gasteiger charge is 2.14. The number of carbonyl (C=O) groups is 1. The van der Waals surface area contributed by atoms with Gasteiger partial charge in [-0.3, -0.25) is 0 Å². The Bertz CT molecular complexity index is 270. The molecule has 11 heavy (non-hydrogen) atoms. The van der Waals surface area contributed by atoms with E-state index in [2.05, 4.69) is 9.40 Å². The zero-order valence-electron chi connectivity index (χ0n) is 5.12. The van der Waals surface area contributed by atoms with E-state index in [1.165, 1.54) is 0 Å². The molecule has 0 aliphatic carbocycles. The van der Waals surface area contributed by atoms with Gasteiger partial charge in [0.1, 0.15) is 0 Å².